The van der Waals surface area contributed by atoms with Crippen molar-refractivity contribution in [1.29, 1.82) is 0 Å². The summed E-state index contributed by atoms with van der Waals surface area (Å²) in [6.07, 6.45) is 21.1. The number of hydrogen-bond acceptors (Lipinski definition) is 4. The molecule has 10 rings (SSSR count). The Morgan fingerprint density at radius 2 is 0.553 bits per heavy atom. The SMILES string of the molecule is C=CC=C(C)N(c1ccccc1)c1ccc2c(c1)C1(c3cc(N(C(C=C)=CC=C)c4ccccc4)ccc3-2)c2cc(N(C(C=C)=CC=C)c3ccccc3)ccc2-c2ccc(N(C(C=C)=CC=C)c3ccccc3)cc21. The van der Waals surface area contributed by atoms with E-state index < -0.39 is 5.41 Å². The summed E-state index contributed by atoms with van der Waals surface area (Å²) in [7, 11) is 0. The van der Waals surface area contributed by atoms with Crippen molar-refractivity contribution in [2.45, 2.75) is 12.3 Å². The maximum Gasteiger partial charge on any atom is 0.0728 e. The van der Waals surface area contributed by atoms with Gasteiger partial charge in [-0.25, -0.2) is 0 Å². The van der Waals surface area contributed by atoms with Crippen LogP contribution in [0.4, 0.5) is 45.5 Å². The third kappa shape index (κ3) is 8.62. The molecule has 0 amide bonds. The van der Waals surface area contributed by atoms with Crippen molar-refractivity contribution in [3.8, 4) is 22.3 Å². The molecule has 1 spiro atoms. The molecule has 368 valence electrons. The van der Waals surface area contributed by atoms with E-state index in [1.807, 2.05) is 79.0 Å². The molecule has 8 aromatic rings. The number of para-hydroxylation sites is 4. The Balaban J connectivity index is 1.37. The van der Waals surface area contributed by atoms with Gasteiger partial charge < -0.3 is 19.6 Å². The molecule has 0 fully saturated rings. The first kappa shape index (κ1) is 49.7. The van der Waals surface area contributed by atoms with Gasteiger partial charge in [-0.05, 0) is 191 Å². The van der Waals surface area contributed by atoms with Gasteiger partial charge in [0.1, 0.15) is 0 Å². The second-order valence-corrected chi connectivity index (χ2v) is 18.5. The minimum absolute atomic E-state index is 0.890. The maximum absolute atomic E-state index is 4.32. The number of benzene rings is 8. The summed E-state index contributed by atoms with van der Waals surface area (Å²) in [6, 6.07) is 69.8. The van der Waals surface area contributed by atoms with Gasteiger partial charge in [-0.2, -0.15) is 0 Å². The second-order valence-electron chi connectivity index (χ2n) is 18.5. The van der Waals surface area contributed by atoms with Crippen LogP contribution in [0.1, 0.15) is 29.2 Å². The van der Waals surface area contributed by atoms with E-state index in [0.717, 1.165) is 113 Å². The first-order valence-electron chi connectivity index (χ1n) is 25.5. The van der Waals surface area contributed by atoms with Crippen molar-refractivity contribution < 1.29 is 0 Å². The Morgan fingerprint density at radius 1 is 0.303 bits per heavy atom. The molecular weight excluding hydrogens is 921 g/mol. The van der Waals surface area contributed by atoms with E-state index in [4.69, 9.17) is 0 Å². The lowest BCUT2D eigenvalue weighted by molar-refractivity contribution is 0.792. The molecule has 0 aromatic heterocycles. The van der Waals surface area contributed by atoms with Gasteiger partial charge in [0.25, 0.3) is 0 Å². The fourth-order valence-corrected chi connectivity index (χ4v) is 11.3. The Kier molecular flexibility index (Phi) is 14.2. The van der Waals surface area contributed by atoms with E-state index in [-0.39, 0.29) is 0 Å². The number of rotatable bonds is 19. The summed E-state index contributed by atoms with van der Waals surface area (Å²) in [5.74, 6) is 0. The van der Waals surface area contributed by atoms with Gasteiger partial charge >= 0.3 is 0 Å². The summed E-state index contributed by atoms with van der Waals surface area (Å²) >= 11 is 0. The predicted octanol–water partition coefficient (Wildman–Crippen LogP) is 19.4. The van der Waals surface area contributed by atoms with Crippen LogP contribution in [0.25, 0.3) is 22.3 Å². The van der Waals surface area contributed by atoms with Gasteiger partial charge in [0.2, 0.25) is 0 Å². The highest BCUT2D eigenvalue weighted by molar-refractivity contribution is 5.99. The number of anilines is 8. The molecule has 0 unspecified atom stereocenters. The van der Waals surface area contributed by atoms with Crippen LogP contribution in [-0.2, 0) is 5.41 Å². The minimum atomic E-state index is -0.900. The van der Waals surface area contributed by atoms with Crippen LogP contribution in [0.3, 0.4) is 0 Å². The molecule has 4 heteroatoms. The molecule has 0 N–H and O–H groups in total. The summed E-state index contributed by atoms with van der Waals surface area (Å²) in [4.78, 5) is 9.12. The van der Waals surface area contributed by atoms with Crippen LogP contribution in [0.15, 0.2) is 330 Å². The maximum atomic E-state index is 4.32. The average molecular weight is 981 g/mol. The van der Waals surface area contributed by atoms with E-state index in [2.05, 4.69) is 255 Å². The third-order valence-corrected chi connectivity index (χ3v) is 14.3. The molecule has 2 aliphatic rings. The second kappa shape index (κ2) is 21.7. The number of allylic oxidation sites excluding steroid dienone is 12. The number of fused-ring (bicyclic) bond motifs is 10. The Hall–Kier alpha value is -9.90. The lowest BCUT2D eigenvalue weighted by Crippen LogP contribution is -2.28. The minimum Gasteiger partial charge on any atom is -0.315 e. The zero-order chi connectivity index (χ0) is 52.8. The van der Waals surface area contributed by atoms with Gasteiger partial charge in [-0.15, -0.1) is 0 Å². The molecule has 2 aliphatic carbocycles. The lowest BCUT2D eigenvalue weighted by atomic mass is 9.70. The summed E-state index contributed by atoms with van der Waals surface area (Å²) in [5.41, 5.74) is 19.9. The molecule has 0 radical (unpaired) electrons. The van der Waals surface area contributed by atoms with Crippen molar-refractivity contribution in [3.63, 3.8) is 0 Å². The van der Waals surface area contributed by atoms with Crippen LogP contribution in [0.2, 0.25) is 0 Å². The lowest BCUT2D eigenvalue weighted by Gasteiger charge is -2.35. The largest absolute Gasteiger partial charge is 0.315 e. The molecule has 76 heavy (non-hydrogen) atoms. The summed E-state index contributed by atoms with van der Waals surface area (Å²) in [5, 5.41) is 0. The molecule has 8 aromatic carbocycles. The first-order chi connectivity index (χ1) is 37.3. The Morgan fingerprint density at radius 3 is 0.803 bits per heavy atom. The molecule has 0 heterocycles. The van der Waals surface area contributed by atoms with Gasteiger partial charge in [0, 0.05) is 68.3 Å². The first-order valence-corrected chi connectivity index (χ1v) is 25.5. The summed E-state index contributed by atoms with van der Waals surface area (Å²) < 4.78 is 0. The third-order valence-electron chi connectivity index (χ3n) is 14.3. The number of hydrogen-bond donors (Lipinski definition) is 0. The van der Waals surface area contributed by atoms with Crippen molar-refractivity contribution >= 4 is 45.5 Å². The van der Waals surface area contributed by atoms with Crippen molar-refractivity contribution in [1.82, 2.24) is 0 Å². The van der Waals surface area contributed by atoms with Gasteiger partial charge in [-0.1, -0.05) is 167 Å². The van der Waals surface area contributed by atoms with Gasteiger partial charge in [-0.3, -0.25) is 0 Å². The van der Waals surface area contributed by atoms with E-state index >= 15 is 0 Å². The molecule has 4 nitrogen and oxygen atoms in total. The monoisotopic (exact) mass is 980 g/mol. The summed E-state index contributed by atoms with van der Waals surface area (Å²) in [6.45, 7) is 31.6. The molecule has 0 saturated heterocycles. The van der Waals surface area contributed by atoms with Crippen molar-refractivity contribution in [2.24, 2.45) is 0 Å². The molecule has 0 saturated carbocycles. The standard InChI is InChI=1S/C72H60N4/c1-9-28-52(8)73(56-32-20-16-21-33-56)60-40-44-64-65-45-41-61(74(53(13-5)29-10-2)57-34-22-17-23-35-57)49-69(65)72(68(64)48-60)70-50-62(75(54(14-6)30-11-3)58-36-24-18-25-37-58)42-46-66(70)67-47-43-63(51-71(67)72)76(55(15-7)31-12-4)59-38-26-19-27-39-59/h9-51H,1-7H2,8H3. The zero-order valence-electron chi connectivity index (χ0n) is 43.1. The van der Waals surface area contributed by atoms with Crippen molar-refractivity contribution in [2.75, 3.05) is 19.6 Å². The fraction of sp³-hybridized carbons (Fsp3) is 0.0278. The number of nitrogens with zero attached hydrogens (tertiary/aromatic N) is 4. The smallest absolute Gasteiger partial charge is 0.0728 e. The van der Waals surface area contributed by atoms with Crippen LogP contribution >= 0.6 is 0 Å². The van der Waals surface area contributed by atoms with Crippen LogP contribution in [0.5, 0.6) is 0 Å². The predicted molar refractivity (Wildman–Crippen MR) is 326 cm³/mol. The van der Waals surface area contributed by atoms with Crippen molar-refractivity contribution in [3.05, 3.63) is 352 Å². The van der Waals surface area contributed by atoms with Crippen LogP contribution < -0.4 is 19.6 Å². The van der Waals surface area contributed by atoms with Crippen LogP contribution in [0, 0.1) is 0 Å². The van der Waals surface area contributed by atoms with Gasteiger partial charge in [0.05, 0.1) is 5.41 Å². The zero-order valence-corrected chi connectivity index (χ0v) is 43.1. The Bertz CT molecular complexity index is 3440. The molecule has 0 aliphatic heterocycles. The topological polar surface area (TPSA) is 13.0 Å². The molecular formula is C72H60N4. The van der Waals surface area contributed by atoms with Gasteiger partial charge in [0.15, 0.2) is 0 Å². The normalized spacial score (nSPS) is 14.3. The van der Waals surface area contributed by atoms with Crippen LogP contribution in [-0.4, -0.2) is 0 Å². The fourth-order valence-electron chi connectivity index (χ4n) is 11.3. The quantitative estimate of drug-likeness (QED) is 0.0749. The highest BCUT2D eigenvalue weighted by atomic mass is 15.2. The van der Waals surface area contributed by atoms with E-state index in [1.54, 1.807) is 0 Å². The van der Waals surface area contributed by atoms with E-state index in [1.165, 1.54) is 0 Å². The van der Waals surface area contributed by atoms with E-state index in [0.29, 0.717) is 0 Å². The highest BCUT2D eigenvalue weighted by Crippen LogP contribution is 2.65. The highest BCUT2D eigenvalue weighted by Gasteiger charge is 2.53. The average Bonchev–Trinajstić information content (AvgIpc) is 4.06. The van der Waals surface area contributed by atoms with E-state index in [9.17, 15) is 0 Å². The molecule has 0 bridgehead atoms. The Labute approximate surface area is 449 Å². The molecule has 0 atom stereocenters.